The summed E-state index contributed by atoms with van der Waals surface area (Å²) in [5.41, 5.74) is 11.1. The summed E-state index contributed by atoms with van der Waals surface area (Å²) in [5, 5.41) is 7.18. The molecule has 194 valence electrons. The van der Waals surface area contributed by atoms with Crippen LogP contribution in [-0.4, -0.2) is 41.1 Å². The van der Waals surface area contributed by atoms with Crippen LogP contribution in [0, 0.1) is 5.92 Å². The second-order valence-electron chi connectivity index (χ2n) is 10.7. The molecular formula is C29H34N4O3S. The summed E-state index contributed by atoms with van der Waals surface area (Å²) < 4.78 is 5.08. The van der Waals surface area contributed by atoms with Crippen LogP contribution in [0.1, 0.15) is 51.5 Å². The first-order valence-corrected chi connectivity index (χ1v) is 13.9. The Balaban J connectivity index is 1.26. The molecule has 2 fully saturated rings. The molecule has 0 unspecified atom stereocenters. The Morgan fingerprint density at radius 2 is 1.89 bits per heavy atom. The number of nitrogens with one attached hydrogen (secondary N) is 1. The van der Waals surface area contributed by atoms with Crippen LogP contribution >= 0.6 is 11.3 Å². The number of pyridine rings is 1. The van der Waals surface area contributed by atoms with Crippen LogP contribution in [0.15, 0.2) is 53.4 Å². The van der Waals surface area contributed by atoms with Gasteiger partial charge in [-0.1, -0.05) is 24.3 Å². The van der Waals surface area contributed by atoms with E-state index >= 15 is 0 Å². The molecule has 3 heterocycles. The van der Waals surface area contributed by atoms with E-state index in [1.165, 1.54) is 0 Å². The van der Waals surface area contributed by atoms with E-state index in [4.69, 9.17) is 10.5 Å². The van der Waals surface area contributed by atoms with Gasteiger partial charge in [-0.15, -0.1) is 0 Å². The summed E-state index contributed by atoms with van der Waals surface area (Å²) in [5.74, 6) is 0.856. The van der Waals surface area contributed by atoms with E-state index in [9.17, 15) is 9.59 Å². The number of thiophene rings is 1. The first-order valence-electron chi connectivity index (χ1n) is 12.9. The van der Waals surface area contributed by atoms with Crippen LogP contribution in [0.4, 0.5) is 10.6 Å². The van der Waals surface area contributed by atoms with Gasteiger partial charge in [-0.25, -0.2) is 9.78 Å². The average molecular weight is 519 g/mol. The largest absolute Gasteiger partial charge is 0.448 e. The molecule has 3 aromatic rings. The van der Waals surface area contributed by atoms with E-state index in [1.54, 1.807) is 11.3 Å². The number of cyclic esters (lactones) is 1. The molecule has 8 heteroatoms. The maximum absolute atomic E-state index is 12.9. The molecule has 0 atom stereocenters. The van der Waals surface area contributed by atoms with Gasteiger partial charge in [0.15, 0.2) is 0 Å². The van der Waals surface area contributed by atoms with Crippen LogP contribution in [0.5, 0.6) is 0 Å². The number of anilines is 1. The third-order valence-corrected chi connectivity index (χ3v) is 8.15. The highest BCUT2D eigenvalue weighted by molar-refractivity contribution is 7.08. The SMILES string of the molecule is CC(C)(N)c1ccc(-c2cnc(NC(=O)C[C@H]3CC[C@H](N4CCOC4=O)CC3)cc2-c2ccsc2)cc1. The molecule has 0 bridgehead atoms. The predicted molar refractivity (Wildman–Crippen MR) is 147 cm³/mol. The van der Waals surface area contributed by atoms with Crippen molar-refractivity contribution in [2.75, 3.05) is 18.5 Å². The number of nitrogens with zero attached hydrogens (tertiary/aromatic N) is 2. The Hall–Kier alpha value is -3.23. The summed E-state index contributed by atoms with van der Waals surface area (Å²) in [7, 11) is 0. The van der Waals surface area contributed by atoms with Crippen molar-refractivity contribution in [3.05, 3.63) is 58.9 Å². The summed E-state index contributed by atoms with van der Waals surface area (Å²) in [6.07, 6.45) is 5.81. The van der Waals surface area contributed by atoms with Crippen LogP contribution in [0.3, 0.4) is 0 Å². The zero-order chi connectivity index (χ0) is 26.0. The van der Waals surface area contributed by atoms with E-state index < -0.39 is 5.54 Å². The molecule has 37 heavy (non-hydrogen) atoms. The van der Waals surface area contributed by atoms with Gasteiger partial charge in [0.2, 0.25) is 5.91 Å². The van der Waals surface area contributed by atoms with Crippen molar-refractivity contribution in [1.82, 2.24) is 9.88 Å². The van der Waals surface area contributed by atoms with Crippen molar-refractivity contribution < 1.29 is 14.3 Å². The zero-order valence-corrected chi connectivity index (χ0v) is 22.2. The van der Waals surface area contributed by atoms with Crippen LogP contribution < -0.4 is 11.1 Å². The minimum Gasteiger partial charge on any atom is -0.448 e. The molecule has 1 saturated heterocycles. The number of nitrogens with two attached hydrogens (primary N) is 1. The van der Waals surface area contributed by atoms with Crippen LogP contribution in [0.2, 0.25) is 0 Å². The van der Waals surface area contributed by atoms with Crippen molar-refractivity contribution in [1.29, 1.82) is 0 Å². The zero-order valence-electron chi connectivity index (χ0n) is 21.4. The number of ether oxygens (including phenoxy) is 1. The summed E-state index contributed by atoms with van der Waals surface area (Å²) in [6.45, 7) is 5.15. The number of hydrogen-bond acceptors (Lipinski definition) is 6. The highest BCUT2D eigenvalue weighted by atomic mass is 32.1. The van der Waals surface area contributed by atoms with Gasteiger partial charge in [0.1, 0.15) is 12.4 Å². The molecule has 0 spiro atoms. The smallest absolute Gasteiger partial charge is 0.410 e. The number of amides is 2. The lowest BCUT2D eigenvalue weighted by atomic mass is 9.83. The van der Waals surface area contributed by atoms with Crippen molar-refractivity contribution >= 4 is 29.2 Å². The molecule has 0 radical (unpaired) electrons. The second-order valence-corrected chi connectivity index (χ2v) is 11.4. The Kier molecular flexibility index (Phi) is 7.31. The van der Waals surface area contributed by atoms with Gasteiger partial charge in [0.05, 0.1) is 6.54 Å². The van der Waals surface area contributed by atoms with Crippen molar-refractivity contribution in [3.8, 4) is 22.3 Å². The standard InChI is InChI=1S/C29H34N4O3S/c1-29(2,30)22-7-5-20(6-8-22)25-17-31-26(16-24(25)21-11-14-37-18-21)32-27(34)15-19-3-9-23(10-4-19)33-12-13-36-28(33)35/h5-8,11,14,16-19,23H,3-4,9-10,12-13,15,30H2,1-2H3,(H,31,32,34)/t19-,23-. The van der Waals surface area contributed by atoms with E-state index in [1.807, 2.05) is 31.0 Å². The molecule has 5 rings (SSSR count). The van der Waals surface area contributed by atoms with Crippen molar-refractivity contribution in [3.63, 3.8) is 0 Å². The van der Waals surface area contributed by atoms with Gasteiger partial charge in [-0.3, -0.25) is 4.79 Å². The number of carbonyl (C=O) groups excluding carboxylic acids is 2. The van der Waals surface area contributed by atoms with Crippen LogP contribution in [-0.2, 0) is 15.1 Å². The first kappa shape index (κ1) is 25.4. The molecule has 1 aromatic carbocycles. The summed E-state index contributed by atoms with van der Waals surface area (Å²) in [4.78, 5) is 31.2. The minimum absolute atomic E-state index is 0.0184. The Morgan fingerprint density at radius 3 is 2.51 bits per heavy atom. The van der Waals surface area contributed by atoms with Gasteiger partial charge in [0.25, 0.3) is 0 Å². The van der Waals surface area contributed by atoms with Crippen LogP contribution in [0.25, 0.3) is 22.3 Å². The normalized spacial score (nSPS) is 20.1. The second kappa shape index (κ2) is 10.6. The maximum atomic E-state index is 12.9. The van der Waals surface area contributed by atoms with Gasteiger partial charge >= 0.3 is 6.09 Å². The monoisotopic (exact) mass is 518 g/mol. The molecule has 7 nitrogen and oxygen atoms in total. The van der Waals surface area contributed by atoms with E-state index in [0.29, 0.717) is 31.3 Å². The number of hydrogen-bond donors (Lipinski definition) is 2. The highest BCUT2D eigenvalue weighted by Gasteiger charge is 2.33. The van der Waals surface area contributed by atoms with Crippen molar-refractivity contribution in [2.45, 2.75) is 57.5 Å². The quantitative estimate of drug-likeness (QED) is 0.399. The fraction of sp³-hybridized carbons (Fsp3) is 0.414. The fourth-order valence-electron chi connectivity index (χ4n) is 5.34. The highest BCUT2D eigenvalue weighted by Crippen LogP contribution is 2.36. The molecule has 2 amide bonds. The fourth-order valence-corrected chi connectivity index (χ4v) is 6.00. The molecule has 1 aliphatic carbocycles. The summed E-state index contributed by atoms with van der Waals surface area (Å²) >= 11 is 1.64. The maximum Gasteiger partial charge on any atom is 0.410 e. The lowest BCUT2D eigenvalue weighted by Crippen LogP contribution is -2.39. The molecular weight excluding hydrogens is 484 g/mol. The molecule has 2 aromatic heterocycles. The topological polar surface area (TPSA) is 97.5 Å². The third-order valence-electron chi connectivity index (χ3n) is 7.47. The number of rotatable bonds is 7. The van der Waals surface area contributed by atoms with Gasteiger partial charge < -0.3 is 20.7 Å². The van der Waals surface area contributed by atoms with Crippen molar-refractivity contribution in [2.24, 2.45) is 11.7 Å². The molecule has 3 N–H and O–H groups in total. The summed E-state index contributed by atoms with van der Waals surface area (Å²) in [6, 6.07) is 12.6. The molecule has 2 aliphatic rings. The minimum atomic E-state index is -0.402. The Morgan fingerprint density at radius 1 is 1.14 bits per heavy atom. The van der Waals surface area contributed by atoms with Gasteiger partial charge in [-0.05, 0) is 90.6 Å². The first-order chi connectivity index (χ1) is 17.8. The van der Waals surface area contributed by atoms with Gasteiger partial charge in [-0.2, -0.15) is 11.3 Å². The number of carbonyl (C=O) groups is 2. The third kappa shape index (κ3) is 5.86. The average Bonchev–Trinajstić information content (AvgIpc) is 3.56. The number of aromatic nitrogens is 1. The van der Waals surface area contributed by atoms with Gasteiger partial charge in [0, 0.05) is 29.8 Å². The van der Waals surface area contributed by atoms with E-state index in [-0.39, 0.29) is 18.0 Å². The molecule has 1 aliphatic heterocycles. The lowest BCUT2D eigenvalue weighted by Gasteiger charge is -2.32. The van der Waals surface area contributed by atoms with E-state index in [0.717, 1.165) is 53.5 Å². The Labute approximate surface area is 222 Å². The molecule has 1 saturated carbocycles. The number of benzene rings is 1. The predicted octanol–water partition coefficient (Wildman–Crippen LogP) is 6.01. The Bertz CT molecular complexity index is 1240. The van der Waals surface area contributed by atoms with E-state index in [2.05, 4.69) is 51.4 Å². The lowest BCUT2D eigenvalue weighted by molar-refractivity contribution is -0.117.